The molecular weight excluding hydrogens is 238 g/mol. The number of imidazole rings is 1. The highest BCUT2D eigenvalue weighted by Gasteiger charge is 2.15. The summed E-state index contributed by atoms with van der Waals surface area (Å²) in [7, 11) is -3.44. The number of H-pyrrole nitrogens is 1. The molecule has 0 amide bonds. The predicted octanol–water partition coefficient (Wildman–Crippen LogP) is 0.953. The largest absolute Gasteiger partial charge is 0.335 e. The summed E-state index contributed by atoms with van der Waals surface area (Å²) < 4.78 is 25.7. The molecule has 0 aliphatic heterocycles. The Morgan fingerprint density at radius 3 is 2.93 bits per heavy atom. The normalized spacial score (nSPS) is 14.0. The smallest absolute Gasteiger partial charge is 0.257 e. The van der Waals surface area contributed by atoms with Gasteiger partial charge in [0.1, 0.15) is 0 Å². The van der Waals surface area contributed by atoms with Gasteiger partial charge in [0.25, 0.3) is 10.0 Å². The minimum absolute atomic E-state index is 0.0839. The number of sulfonamides is 1. The lowest BCUT2D eigenvalue weighted by molar-refractivity contribution is 0.528. The zero-order valence-corrected chi connectivity index (χ0v) is 9.98. The van der Waals surface area contributed by atoms with Gasteiger partial charge in [0.15, 0.2) is 5.03 Å². The van der Waals surface area contributed by atoms with Crippen LogP contribution in [0.5, 0.6) is 0 Å². The number of aromatic nitrogens is 2. The molecule has 1 unspecified atom stereocenters. The fraction of sp³-hybridized carbons (Fsp3) is 0.625. The molecular formula is C8H14ClN3O2S. The number of hydrogen-bond donors (Lipinski definition) is 2. The van der Waals surface area contributed by atoms with Crippen LogP contribution in [-0.4, -0.2) is 30.8 Å². The zero-order chi connectivity index (χ0) is 11.3. The van der Waals surface area contributed by atoms with E-state index in [1.165, 1.54) is 12.5 Å². The first-order valence-corrected chi connectivity index (χ1v) is 6.62. The van der Waals surface area contributed by atoms with Gasteiger partial charge < -0.3 is 4.98 Å². The molecule has 1 aromatic rings. The molecule has 15 heavy (non-hydrogen) atoms. The SMILES string of the molecule is CC(CCCl)CNS(=O)(=O)c1cnc[nH]1. The molecule has 2 N–H and O–H groups in total. The fourth-order valence-electron chi connectivity index (χ4n) is 1.01. The van der Waals surface area contributed by atoms with Crippen molar-refractivity contribution in [2.75, 3.05) is 12.4 Å². The fourth-order valence-corrected chi connectivity index (χ4v) is 2.45. The Morgan fingerprint density at radius 2 is 2.40 bits per heavy atom. The quantitative estimate of drug-likeness (QED) is 0.740. The second-order valence-electron chi connectivity index (χ2n) is 3.35. The van der Waals surface area contributed by atoms with E-state index in [1.807, 2.05) is 6.92 Å². The van der Waals surface area contributed by atoms with Crippen molar-refractivity contribution in [3.63, 3.8) is 0 Å². The van der Waals surface area contributed by atoms with E-state index in [0.29, 0.717) is 12.4 Å². The monoisotopic (exact) mass is 251 g/mol. The van der Waals surface area contributed by atoms with Crippen LogP contribution in [0.15, 0.2) is 17.6 Å². The molecule has 0 spiro atoms. The van der Waals surface area contributed by atoms with Crippen molar-refractivity contribution >= 4 is 21.6 Å². The van der Waals surface area contributed by atoms with Crippen LogP contribution in [0.3, 0.4) is 0 Å². The minimum Gasteiger partial charge on any atom is -0.335 e. The van der Waals surface area contributed by atoms with E-state index in [1.54, 1.807) is 0 Å². The van der Waals surface area contributed by atoms with Crippen molar-refractivity contribution < 1.29 is 8.42 Å². The van der Waals surface area contributed by atoms with E-state index in [9.17, 15) is 8.42 Å². The van der Waals surface area contributed by atoms with Crippen molar-refractivity contribution in [1.29, 1.82) is 0 Å². The standard InChI is InChI=1S/C8H14ClN3O2S/c1-7(2-3-9)4-12-15(13,14)8-5-10-6-11-8/h5-7,12H,2-4H2,1H3,(H,10,11). The lowest BCUT2D eigenvalue weighted by Crippen LogP contribution is -2.28. The van der Waals surface area contributed by atoms with Gasteiger partial charge in [-0.05, 0) is 12.3 Å². The second kappa shape index (κ2) is 5.48. The van der Waals surface area contributed by atoms with Crippen LogP contribution >= 0.6 is 11.6 Å². The van der Waals surface area contributed by atoms with Gasteiger partial charge in [0, 0.05) is 12.4 Å². The van der Waals surface area contributed by atoms with Gasteiger partial charge >= 0.3 is 0 Å². The molecule has 0 radical (unpaired) electrons. The van der Waals surface area contributed by atoms with Gasteiger partial charge in [-0.15, -0.1) is 11.6 Å². The summed E-state index contributed by atoms with van der Waals surface area (Å²) in [5, 5.41) is 0.0839. The lowest BCUT2D eigenvalue weighted by atomic mass is 10.1. The summed E-state index contributed by atoms with van der Waals surface area (Å²) >= 11 is 5.55. The van der Waals surface area contributed by atoms with Crippen molar-refractivity contribution in [2.45, 2.75) is 18.4 Å². The van der Waals surface area contributed by atoms with E-state index in [2.05, 4.69) is 14.7 Å². The van der Waals surface area contributed by atoms with E-state index in [-0.39, 0.29) is 10.9 Å². The molecule has 86 valence electrons. The Labute approximate surface area is 94.3 Å². The molecule has 0 aliphatic carbocycles. The molecule has 1 aromatic heterocycles. The number of rotatable bonds is 6. The summed E-state index contributed by atoms with van der Waals surface area (Å²) in [6.07, 6.45) is 3.39. The summed E-state index contributed by atoms with van der Waals surface area (Å²) in [5.41, 5.74) is 0. The Kier molecular flexibility index (Phi) is 4.56. The molecule has 0 bridgehead atoms. The van der Waals surface area contributed by atoms with Crippen LogP contribution in [0.4, 0.5) is 0 Å². The molecule has 0 fully saturated rings. The van der Waals surface area contributed by atoms with Crippen LogP contribution in [0, 0.1) is 5.92 Å². The van der Waals surface area contributed by atoms with Crippen molar-refractivity contribution in [1.82, 2.24) is 14.7 Å². The molecule has 1 rings (SSSR count). The molecule has 0 saturated carbocycles. The van der Waals surface area contributed by atoms with E-state index >= 15 is 0 Å². The number of aromatic amines is 1. The van der Waals surface area contributed by atoms with Gasteiger partial charge in [0.2, 0.25) is 0 Å². The van der Waals surface area contributed by atoms with Gasteiger partial charge in [-0.25, -0.2) is 18.1 Å². The first-order chi connectivity index (χ1) is 7.06. The lowest BCUT2D eigenvalue weighted by Gasteiger charge is -2.10. The second-order valence-corrected chi connectivity index (χ2v) is 5.46. The Balaban J connectivity index is 2.52. The summed E-state index contributed by atoms with van der Waals surface area (Å²) in [5.74, 6) is 0.757. The van der Waals surface area contributed by atoms with Crippen LogP contribution in [-0.2, 0) is 10.0 Å². The highest BCUT2D eigenvalue weighted by Crippen LogP contribution is 2.05. The molecule has 1 atom stereocenters. The van der Waals surface area contributed by atoms with Gasteiger partial charge in [-0.3, -0.25) is 0 Å². The maximum atomic E-state index is 11.6. The number of nitrogens with zero attached hydrogens (tertiary/aromatic N) is 1. The average molecular weight is 252 g/mol. The minimum atomic E-state index is -3.44. The Hall–Kier alpha value is -0.590. The maximum Gasteiger partial charge on any atom is 0.257 e. The Morgan fingerprint density at radius 1 is 1.67 bits per heavy atom. The third-order valence-corrected chi connectivity index (χ3v) is 3.55. The van der Waals surface area contributed by atoms with E-state index < -0.39 is 10.0 Å². The van der Waals surface area contributed by atoms with Crippen molar-refractivity contribution in [3.8, 4) is 0 Å². The van der Waals surface area contributed by atoms with Gasteiger partial charge in [-0.1, -0.05) is 6.92 Å². The van der Waals surface area contributed by atoms with Crippen LogP contribution in [0.25, 0.3) is 0 Å². The van der Waals surface area contributed by atoms with Crippen LogP contribution < -0.4 is 4.72 Å². The number of halogens is 1. The van der Waals surface area contributed by atoms with E-state index in [4.69, 9.17) is 11.6 Å². The molecule has 7 heteroatoms. The highest BCUT2D eigenvalue weighted by molar-refractivity contribution is 7.89. The highest BCUT2D eigenvalue weighted by atomic mass is 35.5. The van der Waals surface area contributed by atoms with Crippen molar-refractivity contribution in [3.05, 3.63) is 12.5 Å². The van der Waals surface area contributed by atoms with E-state index in [0.717, 1.165) is 6.42 Å². The van der Waals surface area contributed by atoms with Gasteiger partial charge in [0.05, 0.1) is 12.5 Å². The zero-order valence-electron chi connectivity index (χ0n) is 8.40. The van der Waals surface area contributed by atoms with Crippen molar-refractivity contribution in [2.24, 2.45) is 5.92 Å². The third-order valence-electron chi connectivity index (χ3n) is 1.99. The predicted molar refractivity (Wildman–Crippen MR) is 58.3 cm³/mol. The number of hydrogen-bond acceptors (Lipinski definition) is 3. The Bertz CT molecular complexity index is 377. The van der Waals surface area contributed by atoms with Crippen LogP contribution in [0.1, 0.15) is 13.3 Å². The average Bonchev–Trinajstić information content (AvgIpc) is 2.69. The molecule has 0 saturated heterocycles. The number of nitrogens with one attached hydrogen (secondary N) is 2. The molecule has 1 heterocycles. The molecule has 5 nitrogen and oxygen atoms in total. The first kappa shape index (κ1) is 12.5. The third kappa shape index (κ3) is 3.81. The molecule has 0 aliphatic rings. The summed E-state index contributed by atoms with van der Waals surface area (Å²) in [4.78, 5) is 6.20. The summed E-state index contributed by atoms with van der Waals surface area (Å²) in [6, 6.07) is 0. The maximum absolute atomic E-state index is 11.6. The van der Waals surface area contributed by atoms with Crippen LogP contribution in [0.2, 0.25) is 0 Å². The topological polar surface area (TPSA) is 74.8 Å². The van der Waals surface area contributed by atoms with Gasteiger partial charge in [-0.2, -0.15) is 0 Å². The summed E-state index contributed by atoms with van der Waals surface area (Å²) in [6.45, 7) is 2.33. The molecule has 0 aromatic carbocycles. The first-order valence-electron chi connectivity index (χ1n) is 4.60. The number of alkyl halides is 1.